The summed E-state index contributed by atoms with van der Waals surface area (Å²) in [7, 11) is 0. The topological polar surface area (TPSA) is 98.6 Å². The van der Waals surface area contributed by atoms with Crippen molar-refractivity contribution in [3.8, 4) is 5.88 Å². The van der Waals surface area contributed by atoms with Crippen LogP contribution in [0.15, 0.2) is 30.6 Å². The molecule has 2 aliphatic heterocycles. The number of fused-ring (bicyclic) bond motifs is 6. The molecule has 2 atom stereocenters. The fourth-order valence-corrected chi connectivity index (χ4v) is 5.49. The molecule has 1 amide bonds. The number of ether oxygens (including phenoxy) is 1. The van der Waals surface area contributed by atoms with Crippen LogP contribution in [0.2, 0.25) is 0 Å². The Morgan fingerprint density at radius 1 is 1.22 bits per heavy atom. The first kappa shape index (κ1) is 23.4. The van der Waals surface area contributed by atoms with Gasteiger partial charge in [0.25, 0.3) is 5.91 Å². The van der Waals surface area contributed by atoms with Crippen molar-refractivity contribution in [3.63, 3.8) is 0 Å². The Labute approximate surface area is 208 Å². The smallest absolute Gasteiger partial charge is 0.433 e. The largest absolute Gasteiger partial charge is 0.471 e. The van der Waals surface area contributed by atoms with E-state index < -0.39 is 41.2 Å². The second kappa shape index (κ2) is 7.53. The molecule has 2 unspecified atom stereocenters. The predicted octanol–water partition coefficient (Wildman–Crippen LogP) is 4.70. The van der Waals surface area contributed by atoms with Gasteiger partial charge in [0.2, 0.25) is 5.88 Å². The fourth-order valence-electron chi connectivity index (χ4n) is 5.49. The average Bonchev–Trinajstić information content (AvgIpc) is 3.36. The molecule has 1 aromatic carbocycles. The Hall–Kier alpha value is -3.96. The molecular weight excluding hydrogens is 492 g/mol. The first-order valence-electron chi connectivity index (χ1n) is 11.6. The summed E-state index contributed by atoms with van der Waals surface area (Å²) in [5.74, 6) is -1.37. The van der Waals surface area contributed by atoms with E-state index in [2.05, 4.69) is 15.0 Å². The molecule has 12 heteroatoms. The Bertz CT molecular complexity index is 1610. The molecule has 192 valence electrons. The zero-order valence-electron chi connectivity index (χ0n) is 20.1. The van der Waals surface area contributed by atoms with Crippen LogP contribution in [0.5, 0.6) is 5.88 Å². The quantitative estimate of drug-likeness (QED) is 0.370. The highest BCUT2D eigenvalue weighted by atomic mass is 19.4. The van der Waals surface area contributed by atoms with Crippen LogP contribution in [0.3, 0.4) is 0 Å². The first-order chi connectivity index (χ1) is 17.3. The monoisotopic (exact) mass is 514 g/mol. The summed E-state index contributed by atoms with van der Waals surface area (Å²) < 4.78 is 62.6. The molecule has 5 heterocycles. The number of carbonyl (C=O) groups excluding carboxylic acids is 1. The van der Waals surface area contributed by atoms with E-state index in [0.29, 0.717) is 28.7 Å². The number of aromatic nitrogens is 4. The van der Waals surface area contributed by atoms with E-state index in [9.17, 15) is 18.0 Å². The number of rotatable bonds is 1. The number of halogens is 4. The molecule has 8 nitrogen and oxygen atoms in total. The second-order valence-electron chi connectivity index (χ2n) is 10.4. The number of pyridine rings is 1. The summed E-state index contributed by atoms with van der Waals surface area (Å²) in [6.45, 7) is 5.85. The standard InChI is InChI=1S/C25H22F4N6O2/c1-11-19-21(30)32-15-7-14(26)13(6-16(15)35(19)10-31-11)23(36)34-9-24(2,3)8-17-20(34)12-4-5-18(25(27,28)29)33-22(12)37-17/h4-7,10,17,20H,8-9H2,1-3H3,(H2,30,32). The molecule has 3 aromatic heterocycles. The molecule has 6 rings (SSSR count). The lowest BCUT2D eigenvalue weighted by atomic mass is 9.78. The molecule has 0 aliphatic carbocycles. The minimum absolute atomic E-state index is 0.158. The third kappa shape index (κ3) is 3.57. The molecule has 2 aliphatic rings. The van der Waals surface area contributed by atoms with E-state index >= 15 is 4.39 Å². The van der Waals surface area contributed by atoms with Crippen molar-refractivity contribution < 1.29 is 27.1 Å². The Balaban J connectivity index is 1.47. The number of anilines is 1. The Kier molecular flexibility index (Phi) is 4.77. The van der Waals surface area contributed by atoms with Crippen molar-refractivity contribution in [2.45, 2.75) is 45.5 Å². The SMILES string of the molecule is Cc1ncn2c1c(N)nc1cc(F)c(C(=O)N3CC(C)(C)CC4Oc5nc(C(F)(F)F)ccc5C43)cc12. The van der Waals surface area contributed by atoms with Gasteiger partial charge in [0.1, 0.15) is 35.3 Å². The van der Waals surface area contributed by atoms with E-state index in [-0.39, 0.29) is 29.3 Å². The predicted molar refractivity (Wildman–Crippen MR) is 125 cm³/mol. The van der Waals surface area contributed by atoms with Crippen LogP contribution in [0.4, 0.5) is 23.4 Å². The van der Waals surface area contributed by atoms with Gasteiger partial charge in [0.15, 0.2) is 0 Å². The number of hydrogen-bond acceptors (Lipinski definition) is 6. The van der Waals surface area contributed by atoms with Gasteiger partial charge in [-0.25, -0.2) is 19.3 Å². The molecular formula is C25H22F4N6O2. The fraction of sp³-hybridized carbons (Fsp3) is 0.360. The number of benzene rings is 1. The van der Waals surface area contributed by atoms with Crippen molar-refractivity contribution in [2.24, 2.45) is 5.41 Å². The van der Waals surface area contributed by atoms with Crippen molar-refractivity contribution in [3.05, 3.63) is 58.9 Å². The van der Waals surface area contributed by atoms with Gasteiger partial charge in [-0.3, -0.25) is 9.20 Å². The molecule has 0 saturated carbocycles. The van der Waals surface area contributed by atoms with Gasteiger partial charge >= 0.3 is 6.18 Å². The molecule has 0 radical (unpaired) electrons. The Morgan fingerprint density at radius 3 is 2.70 bits per heavy atom. The van der Waals surface area contributed by atoms with Crippen LogP contribution in [0.25, 0.3) is 16.6 Å². The number of amides is 1. The highest BCUT2D eigenvalue weighted by molar-refractivity contribution is 5.99. The number of carbonyl (C=O) groups is 1. The number of nitrogens with zero attached hydrogens (tertiary/aromatic N) is 5. The number of imidazole rings is 1. The number of hydrogen-bond donors (Lipinski definition) is 1. The summed E-state index contributed by atoms with van der Waals surface area (Å²) >= 11 is 0. The lowest BCUT2D eigenvalue weighted by Gasteiger charge is -2.44. The third-order valence-corrected chi connectivity index (χ3v) is 7.05. The van der Waals surface area contributed by atoms with Gasteiger partial charge in [-0.1, -0.05) is 13.8 Å². The molecule has 4 aromatic rings. The number of alkyl halides is 3. The number of nitrogen functional groups attached to an aromatic ring is 1. The first-order valence-corrected chi connectivity index (χ1v) is 11.6. The van der Waals surface area contributed by atoms with Crippen molar-refractivity contribution >= 4 is 28.3 Å². The summed E-state index contributed by atoms with van der Waals surface area (Å²) in [6.07, 6.45) is -3.24. The van der Waals surface area contributed by atoms with Crippen LogP contribution < -0.4 is 10.5 Å². The zero-order valence-corrected chi connectivity index (χ0v) is 20.1. The van der Waals surface area contributed by atoms with Gasteiger partial charge in [-0.2, -0.15) is 13.2 Å². The molecule has 1 fully saturated rings. The third-order valence-electron chi connectivity index (χ3n) is 7.05. The average molecular weight is 514 g/mol. The summed E-state index contributed by atoms with van der Waals surface area (Å²) in [6, 6.07) is 4.01. The normalized spacial score (nSPS) is 20.7. The molecule has 1 saturated heterocycles. The summed E-state index contributed by atoms with van der Waals surface area (Å²) in [5.41, 5.74) is 6.59. The lowest BCUT2D eigenvalue weighted by molar-refractivity contribution is -0.141. The van der Waals surface area contributed by atoms with E-state index in [1.807, 2.05) is 13.8 Å². The molecule has 2 N–H and O–H groups in total. The van der Waals surface area contributed by atoms with E-state index in [4.69, 9.17) is 10.5 Å². The van der Waals surface area contributed by atoms with Crippen molar-refractivity contribution in [1.29, 1.82) is 0 Å². The maximum atomic E-state index is 15.4. The van der Waals surface area contributed by atoms with Gasteiger partial charge in [0, 0.05) is 18.2 Å². The Morgan fingerprint density at radius 2 is 1.97 bits per heavy atom. The van der Waals surface area contributed by atoms with Gasteiger partial charge in [-0.05, 0) is 37.0 Å². The van der Waals surface area contributed by atoms with Crippen molar-refractivity contribution in [2.75, 3.05) is 12.3 Å². The molecule has 0 spiro atoms. The maximum absolute atomic E-state index is 15.4. The van der Waals surface area contributed by atoms with Crippen molar-refractivity contribution in [1.82, 2.24) is 24.3 Å². The number of likely N-dealkylation sites (tertiary alicyclic amines) is 1. The number of aryl methyl sites for hydroxylation is 1. The maximum Gasteiger partial charge on any atom is 0.433 e. The molecule has 37 heavy (non-hydrogen) atoms. The van der Waals surface area contributed by atoms with Crippen LogP contribution in [0.1, 0.15) is 53.6 Å². The minimum atomic E-state index is -4.64. The van der Waals surface area contributed by atoms with Crippen LogP contribution in [0, 0.1) is 18.2 Å². The van der Waals surface area contributed by atoms with Gasteiger partial charge < -0.3 is 15.4 Å². The van der Waals surface area contributed by atoms with E-state index in [1.165, 1.54) is 23.4 Å². The summed E-state index contributed by atoms with van der Waals surface area (Å²) in [5, 5.41) is 0. The number of piperidine rings is 1. The van der Waals surface area contributed by atoms with Crippen LogP contribution >= 0.6 is 0 Å². The zero-order chi connectivity index (χ0) is 26.4. The van der Waals surface area contributed by atoms with E-state index in [1.54, 1.807) is 11.3 Å². The lowest BCUT2D eigenvalue weighted by Crippen LogP contribution is -2.51. The van der Waals surface area contributed by atoms with Crippen LogP contribution in [-0.2, 0) is 6.18 Å². The van der Waals surface area contributed by atoms with Gasteiger partial charge in [-0.15, -0.1) is 0 Å². The highest BCUT2D eigenvalue weighted by Gasteiger charge is 2.50. The second-order valence-corrected chi connectivity index (χ2v) is 10.4. The number of nitrogens with two attached hydrogens (primary N) is 1. The minimum Gasteiger partial charge on any atom is -0.471 e. The van der Waals surface area contributed by atoms with Gasteiger partial charge in [0.05, 0.1) is 28.3 Å². The van der Waals surface area contributed by atoms with Crippen LogP contribution in [-0.4, -0.2) is 42.8 Å². The highest BCUT2D eigenvalue weighted by Crippen LogP contribution is 2.49. The summed E-state index contributed by atoms with van der Waals surface area (Å²) in [4.78, 5) is 27.6. The van der Waals surface area contributed by atoms with E-state index in [0.717, 1.165) is 12.1 Å². The molecule has 0 bridgehead atoms.